The molecular formula is C42H36ClN3O2. The van der Waals surface area contributed by atoms with E-state index in [9.17, 15) is 9.59 Å². The highest BCUT2D eigenvalue weighted by Gasteiger charge is 2.50. The monoisotopic (exact) mass is 649 g/mol. The number of carbonyl (C=O) groups excluding carboxylic acids is 2. The summed E-state index contributed by atoms with van der Waals surface area (Å²) in [6.07, 6.45) is 2.14. The number of carbonyl (C=O) groups is 2. The molecule has 1 atom stereocenters. The fourth-order valence-electron chi connectivity index (χ4n) is 7.55. The number of Topliss-reactive ketones (excluding diaryl/α,β-unsaturated/α-hetero) is 1. The lowest BCUT2D eigenvalue weighted by molar-refractivity contribution is -0.131. The lowest BCUT2D eigenvalue weighted by Gasteiger charge is -2.37. The molecule has 1 saturated heterocycles. The van der Waals surface area contributed by atoms with Crippen molar-refractivity contribution in [3.05, 3.63) is 179 Å². The van der Waals surface area contributed by atoms with Gasteiger partial charge in [0.15, 0.2) is 6.29 Å². The first-order chi connectivity index (χ1) is 23.4. The van der Waals surface area contributed by atoms with Gasteiger partial charge in [0.25, 0.3) is 0 Å². The van der Waals surface area contributed by atoms with Gasteiger partial charge >= 0.3 is 0 Å². The standard InChI is InChI=1S/C42H36ClN3O2/c1-41(2)40(39(48)28-47)46(29-45(41)27-36-35-20-12-13-21-38(35)44-26-37(36)43)34-24-22-33(23-25-34)42(30-14-6-3-7-15-30,31-16-8-4-9-17-31)32-18-10-5-11-19-32/h3-26,28,40H,27,29H2,1-2H3. The molecule has 0 N–H and O–H groups in total. The zero-order chi connectivity index (χ0) is 33.3. The number of pyridine rings is 1. The third-order valence-electron chi connectivity index (χ3n) is 9.94. The van der Waals surface area contributed by atoms with Crippen molar-refractivity contribution in [2.24, 2.45) is 0 Å². The molecule has 0 radical (unpaired) electrons. The molecule has 1 unspecified atom stereocenters. The van der Waals surface area contributed by atoms with Gasteiger partial charge in [-0.1, -0.05) is 133 Å². The van der Waals surface area contributed by atoms with Gasteiger partial charge in [0.1, 0.15) is 6.04 Å². The smallest absolute Gasteiger partial charge is 0.219 e. The molecule has 2 heterocycles. The third kappa shape index (κ3) is 5.29. The van der Waals surface area contributed by atoms with Crippen molar-refractivity contribution in [3.63, 3.8) is 0 Å². The van der Waals surface area contributed by atoms with Crippen LogP contribution in [0.4, 0.5) is 5.69 Å². The molecule has 238 valence electrons. The van der Waals surface area contributed by atoms with Gasteiger partial charge in [0, 0.05) is 29.4 Å². The van der Waals surface area contributed by atoms with E-state index in [1.54, 1.807) is 6.20 Å². The van der Waals surface area contributed by atoms with Gasteiger partial charge in [0.2, 0.25) is 5.78 Å². The minimum atomic E-state index is -0.685. The summed E-state index contributed by atoms with van der Waals surface area (Å²) >= 11 is 6.74. The average molecular weight is 650 g/mol. The van der Waals surface area contributed by atoms with Gasteiger partial charge < -0.3 is 4.90 Å². The molecule has 0 spiro atoms. The molecule has 7 rings (SSSR count). The highest BCUT2D eigenvalue weighted by molar-refractivity contribution is 6.32. The summed E-state index contributed by atoms with van der Waals surface area (Å²) in [5.41, 5.74) is 5.96. The van der Waals surface area contributed by atoms with Crippen LogP contribution in [0.2, 0.25) is 5.02 Å². The SMILES string of the molecule is CC1(C)C(C(=O)C=O)N(c2ccc(C(c3ccccc3)(c3ccccc3)c3ccccc3)cc2)CN1Cc1c(Cl)cnc2ccccc12. The van der Waals surface area contributed by atoms with Crippen LogP contribution >= 0.6 is 11.6 Å². The van der Waals surface area contributed by atoms with Gasteiger partial charge in [-0.3, -0.25) is 19.5 Å². The molecule has 5 aromatic carbocycles. The van der Waals surface area contributed by atoms with Crippen molar-refractivity contribution in [1.82, 2.24) is 9.88 Å². The second-order valence-electron chi connectivity index (χ2n) is 12.9. The quantitative estimate of drug-likeness (QED) is 0.0894. The Bertz CT molecular complexity index is 1970. The first kappa shape index (κ1) is 31.5. The van der Waals surface area contributed by atoms with E-state index in [1.807, 2.05) is 61.2 Å². The normalized spacial score (nSPS) is 16.2. The zero-order valence-corrected chi connectivity index (χ0v) is 27.7. The minimum absolute atomic E-state index is 0.435. The molecule has 0 bridgehead atoms. The predicted octanol–water partition coefficient (Wildman–Crippen LogP) is 8.47. The third-order valence-corrected chi connectivity index (χ3v) is 10.3. The Morgan fingerprint density at radius 2 is 1.27 bits per heavy atom. The fraction of sp³-hybridized carbons (Fsp3) is 0.167. The van der Waals surface area contributed by atoms with Crippen LogP contribution in [0.25, 0.3) is 10.9 Å². The molecule has 1 aliphatic heterocycles. The lowest BCUT2D eigenvalue weighted by atomic mass is 9.65. The highest BCUT2D eigenvalue weighted by Crippen LogP contribution is 2.46. The van der Waals surface area contributed by atoms with Gasteiger partial charge in [-0.05, 0) is 59.9 Å². The van der Waals surface area contributed by atoms with Crippen LogP contribution in [0.5, 0.6) is 0 Å². The van der Waals surface area contributed by atoms with Crippen LogP contribution in [0.1, 0.15) is 41.7 Å². The summed E-state index contributed by atoms with van der Waals surface area (Å²) in [6.45, 7) is 4.97. The van der Waals surface area contributed by atoms with Crippen LogP contribution in [0.3, 0.4) is 0 Å². The number of hydrogen-bond donors (Lipinski definition) is 0. The van der Waals surface area contributed by atoms with Crippen LogP contribution in [0.15, 0.2) is 146 Å². The maximum absolute atomic E-state index is 13.4. The zero-order valence-electron chi connectivity index (χ0n) is 27.0. The van der Waals surface area contributed by atoms with Gasteiger partial charge in [-0.25, -0.2) is 0 Å². The van der Waals surface area contributed by atoms with Crippen LogP contribution in [0, 0.1) is 0 Å². The molecular weight excluding hydrogens is 614 g/mol. The van der Waals surface area contributed by atoms with Gasteiger partial charge in [-0.2, -0.15) is 0 Å². The number of ketones is 1. The van der Waals surface area contributed by atoms with Crippen molar-refractivity contribution < 1.29 is 9.59 Å². The molecule has 6 aromatic rings. The number of fused-ring (bicyclic) bond motifs is 1. The summed E-state index contributed by atoms with van der Waals surface area (Å²) in [5.74, 6) is -0.454. The van der Waals surface area contributed by atoms with Crippen LogP contribution in [-0.4, -0.2) is 40.2 Å². The van der Waals surface area contributed by atoms with E-state index in [4.69, 9.17) is 11.6 Å². The second-order valence-corrected chi connectivity index (χ2v) is 13.3. The Labute approximate surface area is 286 Å². The van der Waals surface area contributed by atoms with Crippen molar-refractivity contribution in [2.75, 3.05) is 11.6 Å². The maximum atomic E-state index is 13.4. The number of benzene rings is 5. The number of aromatic nitrogens is 1. The summed E-state index contributed by atoms with van der Waals surface area (Å²) < 4.78 is 0. The van der Waals surface area contributed by atoms with Gasteiger partial charge in [-0.15, -0.1) is 0 Å². The van der Waals surface area contributed by atoms with E-state index in [-0.39, 0.29) is 0 Å². The van der Waals surface area contributed by atoms with Gasteiger partial charge in [0.05, 0.1) is 22.6 Å². The number of rotatable bonds is 9. The van der Waals surface area contributed by atoms with E-state index in [2.05, 4.69) is 107 Å². The molecule has 1 aliphatic rings. The number of para-hydroxylation sites is 1. The number of halogens is 1. The summed E-state index contributed by atoms with van der Waals surface area (Å²) in [4.78, 5) is 34.3. The molecule has 1 aromatic heterocycles. The van der Waals surface area contributed by atoms with E-state index in [0.717, 1.165) is 44.4 Å². The predicted molar refractivity (Wildman–Crippen MR) is 193 cm³/mol. The van der Waals surface area contributed by atoms with Crippen molar-refractivity contribution >= 4 is 40.3 Å². The lowest BCUT2D eigenvalue weighted by Crippen LogP contribution is -2.51. The van der Waals surface area contributed by atoms with E-state index in [0.29, 0.717) is 24.5 Å². The summed E-state index contributed by atoms with van der Waals surface area (Å²) in [6, 6.07) is 47.4. The first-order valence-electron chi connectivity index (χ1n) is 16.2. The Morgan fingerprint density at radius 1 is 0.771 bits per heavy atom. The Hall–Kier alpha value is -5.10. The van der Waals surface area contributed by atoms with E-state index >= 15 is 0 Å². The topological polar surface area (TPSA) is 53.5 Å². The fourth-order valence-corrected chi connectivity index (χ4v) is 7.76. The Morgan fingerprint density at radius 3 is 1.81 bits per heavy atom. The molecule has 0 saturated carbocycles. The molecule has 5 nitrogen and oxygen atoms in total. The number of anilines is 1. The summed E-state index contributed by atoms with van der Waals surface area (Å²) in [7, 11) is 0. The van der Waals surface area contributed by atoms with E-state index < -0.39 is 22.8 Å². The number of hydrogen-bond acceptors (Lipinski definition) is 5. The average Bonchev–Trinajstić information content (AvgIpc) is 3.40. The summed E-state index contributed by atoms with van der Waals surface area (Å²) in [5, 5.41) is 1.55. The second kappa shape index (κ2) is 12.8. The molecule has 1 fully saturated rings. The highest BCUT2D eigenvalue weighted by atomic mass is 35.5. The van der Waals surface area contributed by atoms with Crippen LogP contribution in [-0.2, 0) is 21.5 Å². The van der Waals surface area contributed by atoms with Crippen molar-refractivity contribution in [2.45, 2.75) is 37.4 Å². The van der Waals surface area contributed by atoms with E-state index in [1.165, 1.54) is 0 Å². The number of aldehydes is 1. The largest absolute Gasteiger partial charge is 0.346 e. The minimum Gasteiger partial charge on any atom is -0.346 e. The Balaban J connectivity index is 1.33. The molecule has 48 heavy (non-hydrogen) atoms. The Kier molecular flexibility index (Phi) is 8.42. The first-order valence-corrected chi connectivity index (χ1v) is 16.5. The maximum Gasteiger partial charge on any atom is 0.219 e. The van der Waals surface area contributed by atoms with Crippen molar-refractivity contribution in [3.8, 4) is 0 Å². The van der Waals surface area contributed by atoms with Crippen molar-refractivity contribution in [1.29, 1.82) is 0 Å². The molecule has 0 amide bonds. The van der Waals surface area contributed by atoms with Crippen LogP contribution < -0.4 is 4.90 Å². The molecule has 0 aliphatic carbocycles. The molecule has 6 heteroatoms. The number of nitrogens with zero attached hydrogens (tertiary/aromatic N) is 3.